The Morgan fingerprint density at radius 2 is 1.81 bits per heavy atom. The molecule has 2 bridgehead atoms. The molecule has 11 nitrogen and oxygen atoms in total. The van der Waals surface area contributed by atoms with Gasteiger partial charge in [-0.15, -0.1) is 0 Å². The number of carbonyl (C=O) groups is 2. The number of halogens is 2. The first-order chi connectivity index (χ1) is 25.2. The highest BCUT2D eigenvalue weighted by Crippen LogP contribution is 2.40. The molecule has 1 N–H and O–H groups in total. The van der Waals surface area contributed by atoms with Crippen LogP contribution in [0.5, 0.6) is 11.5 Å². The minimum absolute atomic E-state index is 0.0374. The van der Waals surface area contributed by atoms with Crippen LogP contribution in [0.15, 0.2) is 73.2 Å². The summed E-state index contributed by atoms with van der Waals surface area (Å²) < 4.78 is 18.7. The van der Waals surface area contributed by atoms with Gasteiger partial charge in [-0.05, 0) is 98.0 Å². The van der Waals surface area contributed by atoms with E-state index < -0.39 is 18.0 Å². The Balaban J connectivity index is 1.28. The van der Waals surface area contributed by atoms with Crippen LogP contribution in [0.3, 0.4) is 0 Å². The predicted molar refractivity (Wildman–Crippen MR) is 191 cm³/mol. The van der Waals surface area contributed by atoms with Gasteiger partial charge >= 0.3 is 6.09 Å². The lowest BCUT2D eigenvalue weighted by molar-refractivity contribution is -0.904. The van der Waals surface area contributed by atoms with Gasteiger partial charge in [0.2, 0.25) is 12.4 Å². The van der Waals surface area contributed by atoms with Crippen molar-refractivity contribution < 1.29 is 38.8 Å². The molecule has 3 aliphatic heterocycles. The number of carbonyl (C=O) groups excluding carboxylic acids is 2. The zero-order valence-corrected chi connectivity index (χ0v) is 30.3. The van der Waals surface area contributed by atoms with E-state index in [2.05, 4.69) is 9.88 Å². The molecule has 1 amide bonds. The third-order valence-electron chi connectivity index (χ3n) is 10.3. The van der Waals surface area contributed by atoms with Crippen LogP contribution in [-0.2, 0) is 17.7 Å². The van der Waals surface area contributed by atoms with E-state index in [0.29, 0.717) is 64.6 Å². The average molecular weight is 748 g/mol. The van der Waals surface area contributed by atoms with Crippen molar-refractivity contribution in [1.82, 2.24) is 9.88 Å². The maximum atomic E-state index is 13.9. The van der Waals surface area contributed by atoms with E-state index in [0.717, 1.165) is 43.5 Å². The number of ether oxygens (including phenoxy) is 3. The topological polar surface area (TPSA) is 128 Å². The van der Waals surface area contributed by atoms with E-state index in [1.807, 2.05) is 12.1 Å². The lowest BCUT2D eigenvalue weighted by Gasteiger charge is -2.44. The minimum Gasteiger partial charge on any atom is -0.545 e. The number of piperidine rings is 3. The van der Waals surface area contributed by atoms with Crippen LogP contribution in [0.1, 0.15) is 64.2 Å². The number of benzene rings is 2. The second-order valence-corrected chi connectivity index (χ2v) is 14.6. The molecule has 1 aliphatic carbocycles. The number of nitrogens with zero attached hydrogens (tertiary/aromatic N) is 4. The number of fused-ring (bicyclic) bond motifs is 3. The largest absolute Gasteiger partial charge is 0.545 e. The van der Waals surface area contributed by atoms with Gasteiger partial charge < -0.3 is 24.1 Å². The number of carboxylic acid groups (broad SMARTS) is 1. The number of anilines is 1. The van der Waals surface area contributed by atoms with Crippen LogP contribution >= 0.6 is 23.2 Å². The molecule has 4 aliphatic rings. The van der Waals surface area contributed by atoms with E-state index in [4.69, 9.17) is 37.4 Å². The second-order valence-electron chi connectivity index (χ2n) is 13.8. The molecule has 1 saturated carbocycles. The second kappa shape index (κ2) is 15.6. The van der Waals surface area contributed by atoms with Crippen molar-refractivity contribution >= 4 is 41.1 Å². The first kappa shape index (κ1) is 35.8. The zero-order chi connectivity index (χ0) is 36.4. The van der Waals surface area contributed by atoms with Gasteiger partial charge in [0.1, 0.15) is 22.0 Å². The Morgan fingerprint density at radius 1 is 1.04 bits per heavy atom. The average Bonchev–Trinajstić information content (AvgIpc) is 3.98. The number of carboxylic acids is 1. The molecule has 52 heavy (non-hydrogen) atoms. The molecule has 2 aromatic carbocycles. The van der Waals surface area contributed by atoms with Crippen LogP contribution in [-0.4, -0.2) is 66.6 Å². The van der Waals surface area contributed by atoms with E-state index in [1.165, 1.54) is 23.4 Å². The Labute approximate surface area is 312 Å². The molecule has 0 spiro atoms. The maximum Gasteiger partial charge on any atom is 0.416 e. The molecule has 13 heteroatoms. The number of aromatic carboxylic acids is 1. The quantitative estimate of drug-likeness (QED) is 0.136. The molecule has 4 aromatic rings. The fourth-order valence-electron chi connectivity index (χ4n) is 7.22. The summed E-state index contributed by atoms with van der Waals surface area (Å²) in [7, 11) is 1.57. The predicted octanol–water partition coefficient (Wildman–Crippen LogP) is 5.69. The number of rotatable bonds is 13. The highest BCUT2D eigenvalue weighted by molar-refractivity contribution is 6.35. The SMILES string of the molecule is COc1ccc([C@H](Cc2c(Cl)c[n+](O)cc2Cl)c2cc(CN(C(=O)O[C@H]3CN4CCC3CC4)c3ccccn3)ccc2C(=O)[O-])cc1OCC1CC1. The number of aromatic nitrogens is 2. The van der Waals surface area contributed by atoms with Crippen LogP contribution in [0.25, 0.3) is 0 Å². The Morgan fingerprint density at radius 3 is 2.44 bits per heavy atom. The monoisotopic (exact) mass is 746 g/mol. The van der Waals surface area contributed by atoms with E-state index in [9.17, 15) is 19.9 Å². The number of amides is 1. The molecular formula is C39H40Cl2N4O7. The number of pyridine rings is 2. The fraction of sp³-hybridized carbons (Fsp3) is 0.385. The van der Waals surface area contributed by atoms with Gasteiger partial charge in [-0.1, -0.05) is 53.5 Å². The van der Waals surface area contributed by atoms with Crippen molar-refractivity contribution in [1.29, 1.82) is 0 Å². The standard InChI is InChI=1S/C39H40Cl2N4O7/c1-50-34-10-8-27(17-35(34)51-23-24-5-6-24)29(18-31-32(40)20-44(49)21-33(31)41)30-16-25(7-9-28(30)38(46)47)19-45(37-4-2-3-13-42-37)39(48)52-36-22-43-14-11-26(36)12-15-43/h2-4,7-10,13,16-17,20-21,24,26,29,36H,5-6,11-12,14-15,18-19,22-23H2,1H3,(H-,46,47,49)/t29-,36-/m0/s1. The van der Waals surface area contributed by atoms with Crippen LogP contribution < -0.4 is 24.2 Å². The van der Waals surface area contributed by atoms with Crippen LogP contribution in [0.2, 0.25) is 10.0 Å². The van der Waals surface area contributed by atoms with Gasteiger partial charge in [0, 0.05) is 34.5 Å². The highest BCUT2D eigenvalue weighted by Gasteiger charge is 2.38. The van der Waals surface area contributed by atoms with Gasteiger partial charge in [0.25, 0.3) is 0 Å². The molecule has 2 atom stereocenters. The summed E-state index contributed by atoms with van der Waals surface area (Å²) in [5.41, 5.74) is 2.22. The lowest BCUT2D eigenvalue weighted by atomic mass is 9.82. The molecular weight excluding hydrogens is 707 g/mol. The number of hydrogen-bond acceptors (Lipinski definition) is 9. The molecule has 0 radical (unpaired) electrons. The Bertz CT molecular complexity index is 1910. The van der Waals surface area contributed by atoms with Crippen LogP contribution in [0, 0.1) is 11.8 Å². The molecule has 272 valence electrons. The third kappa shape index (κ3) is 8.06. The fourth-order valence-corrected chi connectivity index (χ4v) is 7.82. The molecule has 8 rings (SSSR count). The molecule has 3 saturated heterocycles. The van der Waals surface area contributed by atoms with Gasteiger partial charge in [-0.3, -0.25) is 15.0 Å². The van der Waals surface area contributed by atoms with Crippen molar-refractivity contribution in [3.8, 4) is 11.5 Å². The highest BCUT2D eigenvalue weighted by atomic mass is 35.5. The summed E-state index contributed by atoms with van der Waals surface area (Å²) in [6, 6.07) is 15.7. The lowest BCUT2D eigenvalue weighted by Crippen LogP contribution is -2.53. The molecule has 5 heterocycles. The molecule has 0 unspecified atom stereocenters. The van der Waals surface area contributed by atoms with Crippen molar-refractivity contribution in [2.24, 2.45) is 11.8 Å². The summed E-state index contributed by atoms with van der Waals surface area (Å²) in [6.45, 7) is 3.32. The maximum absolute atomic E-state index is 13.9. The number of methoxy groups -OCH3 is 1. The van der Waals surface area contributed by atoms with E-state index in [-0.39, 0.29) is 34.7 Å². The summed E-state index contributed by atoms with van der Waals surface area (Å²) >= 11 is 13.3. The van der Waals surface area contributed by atoms with Crippen molar-refractivity contribution in [3.05, 3.63) is 111 Å². The molecule has 2 aromatic heterocycles. The smallest absolute Gasteiger partial charge is 0.416 e. The first-order valence-electron chi connectivity index (χ1n) is 17.5. The summed E-state index contributed by atoms with van der Waals surface area (Å²) in [5.74, 6) is 0.260. The number of hydrogen-bond donors (Lipinski definition) is 1. The molecule has 4 fully saturated rings. The third-order valence-corrected chi connectivity index (χ3v) is 10.9. The van der Waals surface area contributed by atoms with Gasteiger partial charge in [0.05, 0.1) is 26.2 Å². The zero-order valence-electron chi connectivity index (χ0n) is 28.8. The summed E-state index contributed by atoms with van der Waals surface area (Å²) in [4.78, 5) is 34.9. The summed E-state index contributed by atoms with van der Waals surface area (Å²) in [6.07, 6.45) is 7.85. The first-order valence-corrected chi connectivity index (χ1v) is 18.3. The van der Waals surface area contributed by atoms with Gasteiger partial charge in [-0.2, -0.15) is 0 Å². The van der Waals surface area contributed by atoms with Gasteiger partial charge in [-0.25, -0.2) is 9.78 Å². The minimum atomic E-state index is -1.37. The van der Waals surface area contributed by atoms with Gasteiger partial charge in [0.15, 0.2) is 11.5 Å². The van der Waals surface area contributed by atoms with Crippen molar-refractivity contribution in [2.45, 2.75) is 50.7 Å². The van der Waals surface area contributed by atoms with E-state index in [1.54, 1.807) is 49.7 Å². The Kier molecular flexibility index (Phi) is 10.7. The van der Waals surface area contributed by atoms with Crippen molar-refractivity contribution in [3.63, 3.8) is 0 Å². The summed E-state index contributed by atoms with van der Waals surface area (Å²) in [5, 5.41) is 23.2. The Hall–Kier alpha value is -4.58. The van der Waals surface area contributed by atoms with Crippen molar-refractivity contribution in [2.75, 3.05) is 38.3 Å². The van der Waals surface area contributed by atoms with Crippen LogP contribution in [0.4, 0.5) is 10.6 Å². The van der Waals surface area contributed by atoms with E-state index >= 15 is 0 Å². The normalized spacial score (nSPS) is 19.9.